The summed E-state index contributed by atoms with van der Waals surface area (Å²) in [5.74, 6) is 0.174. The number of aromatic amines is 2. The van der Waals surface area contributed by atoms with E-state index in [4.69, 9.17) is 11.6 Å². The maximum absolute atomic E-state index is 11.3. The van der Waals surface area contributed by atoms with Gasteiger partial charge in [-0.25, -0.2) is 4.79 Å². The number of anilines is 2. The molecule has 0 fully saturated rings. The number of nitrogens with one attached hydrogen (secondary N) is 3. The number of fused-ring (bicyclic) bond motifs is 1. The number of halogens is 1. The van der Waals surface area contributed by atoms with Gasteiger partial charge in [-0.2, -0.15) is 0 Å². The lowest BCUT2D eigenvalue weighted by Gasteiger charge is -2.19. The number of rotatable bonds is 5. The number of imidazole rings is 1. The van der Waals surface area contributed by atoms with E-state index in [1.807, 2.05) is 31.1 Å². The van der Waals surface area contributed by atoms with Crippen molar-refractivity contribution < 1.29 is 5.11 Å². The quantitative estimate of drug-likeness (QED) is 0.616. The third kappa shape index (κ3) is 3.02. The zero-order valence-corrected chi connectivity index (χ0v) is 11.6. The van der Waals surface area contributed by atoms with Gasteiger partial charge in [-0.3, -0.25) is 0 Å². The van der Waals surface area contributed by atoms with Gasteiger partial charge >= 0.3 is 5.69 Å². The third-order valence-corrected chi connectivity index (χ3v) is 3.18. The number of aliphatic hydroxyl groups excluding tert-OH is 1. The molecular formula is C12H17ClN4O2. The van der Waals surface area contributed by atoms with Crippen LogP contribution in [0.4, 0.5) is 11.4 Å². The van der Waals surface area contributed by atoms with E-state index in [0.29, 0.717) is 6.54 Å². The first-order valence-corrected chi connectivity index (χ1v) is 6.46. The minimum atomic E-state index is -0.613. The molecule has 0 saturated heterocycles. The molecule has 4 N–H and O–H groups in total. The summed E-state index contributed by atoms with van der Waals surface area (Å²) in [4.78, 5) is 18.7. The number of hydrogen-bond donors (Lipinski definition) is 4. The summed E-state index contributed by atoms with van der Waals surface area (Å²) in [6.45, 7) is 0.352. The van der Waals surface area contributed by atoms with Crippen molar-refractivity contribution in [2.45, 2.75) is 6.10 Å². The summed E-state index contributed by atoms with van der Waals surface area (Å²) < 4.78 is 0. The zero-order chi connectivity index (χ0) is 14.0. The summed E-state index contributed by atoms with van der Waals surface area (Å²) in [5.41, 5.74) is 2.98. The molecule has 0 aliphatic carbocycles. The molecule has 0 aliphatic heterocycles. The van der Waals surface area contributed by atoms with Crippen molar-refractivity contribution in [3.8, 4) is 0 Å². The van der Waals surface area contributed by atoms with E-state index in [0.717, 1.165) is 22.4 Å². The summed E-state index contributed by atoms with van der Waals surface area (Å²) in [7, 11) is 3.82. The van der Waals surface area contributed by atoms with Crippen molar-refractivity contribution >= 4 is 34.0 Å². The number of nitrogens with zero attached hydrogens (tertiary/aromatic N) is 1. The Morgan fingerprint density at radius 1 is 1.37 bits per heavy atom. The van der Waals surface area contributed by atoms with Crippen molar-refractivity contribution in [2.24, 2.45) is 0 Å². The highest BCUT2D eigenvalue weighted by atomic mass is 35.5. The van der Waals surface area contributed by atoms with E-state index in [9.17, 15) is 9.90 Å². The maximum atomic E-state index is 11.3. The van der Waals surface area contributed by atoms with Crippen LogP contribution in [-0.2, 0) is 0 Å². The van der Waals surface area contributed by atoms with Gasteiger partial charge in [0.1, 0.15) is 0 Å². The minimum absolute atomic E-state index is 0.174. The molecule has 1 aromatic carbocycles. The molecule has 7 heteroatoms. The van der Waals surface area contributed by atoms with E-state index in [2.05, 4.69) is 15.3 Å². The Morgan fingerprint density at radius 3 is 2.58 bits per heavy atom. The van der Waals surface area contributed by atoms with E-state index < -0.39 is 6.10 Å². The molecule has 1 heterocycles. The standard InChI is InChI=1S/C12H17ClN4O2/c1-17(2)11-4-9-8(15-12(19)16-9)3-10(11)14-6-7(18)5-13/h3-4,7,14,18H,5-6H2,1-2H3,(H2,15,16,19). The van der Waals surface area contributed by atoms with Gasteiger partial charge in [0.25, 0.3) is 0 Å². The molecule has 0 bridgehead atoms. The number of benzene rings is 1. The van der Waals surface area contributed by atoms with Crippen LogP contribution in [0.15, 0.2) is 16.9 Å². The van der Waals surface area contributed by atoms with Gasteiger partial charge in [0.05, 0.1) is 34.4 Å². The molecule has 1 atom stereocenters. The molecule has 1 aromatic heterocycles. The Hall–Kier alpha value is -1.66. The van der Waals surface area contributed by atoms with E-state index in [1.165, 1.54) is 0 Å². The van der Waals surface area contributed by atoms with Gasteiger partial charge in [0, 0.05) is 20.6 Å². The topological polar surface area (TPSA) is 84.2 Å². The first-order valence-electron chi connectivity index (χ1n) is 5.92. The van der Waals surface area contributed by atoms with Crippen molar-refractivity contribution in [1.29, 1.82) is 0 Å². The van der Waals surface area contributed by atoms with Gasteiger partial charge in [0.2, 0.25) is 0 Å². The average Bonchev–Trinajstić information content (AvgIpc) is 2.73. The number of alkyl halides is 1. The lowest BCUT2D eigenvalue weighted by atomic mass is 10.2. The first kappa shape index (κ1) is 13.8. The smallest absolute Gasteiger partial charge is 0.323 e. The first-order chi connectivity index (χ1) is 9.01. The Kier molecular flexibility index (Phi) is 4.01. The van der Waals surface area contributed by atoms with E-state index in [-0.39, 0.29) is 11.6 Å². The SMILES string of the molecule is CN(C)c1cc2[nH]c(=O)[nH]c2cc1NCC(O)CCl. The molecule has 0 saturated carbocycles. The van der Waals surface area contributed by atoms with Crippen LogP contribution in [0.2, 0.25) is 0 Å². The molecule has 104 valence electrons. The van der Waals surface area contributed by atoms with Gasteiger partial charge < -0.3 is 25.3 Å². The van der Waals surface area contributed by atoms with Crippen LogP contribution in [0.5, 0.6) is 0 Å². The second-order valence-electron chi connectivity index (χ2n) is 4.58. The van der Waals surface area contributed by atoms with Crippen LogP contribution in [0.1, 0.15) is 0 Å². The number of aromatic nitrogens is 2. The molecule has 6 nitrogen and oxygen atoms in total. The Morgan fingerprint density at radius 2 is 2.00 bits per heavy atom. The predicted molar refractivity (Wildman–Crippen MR) is 78.5 cm³/mol. The van der Waals surface area contributed by atoms with Crippen LogP contribution < -0.4 is 15.9 Å². The Labute approximate surface area is 115 Å². The number of H-pyrrole nitrogens is 2. The van der Waals surface area contributed by atoms with Gasteiger partial charge in [-0.1, -0.05) is 0 Å². The Bertz CT molecular complexity index is 620. The highest BCUT2D eigenvalue weighted by molar-refractivity contribution is 6.18. The lowest BCUT2D eigenvalue weighted by Crippen LogP contribution is -2.22. The molecule has 19 heavy (non-hydrogen) atoms. The molecule has 0 amide bonds. The molecule has 0 radical (unpaired) electrons. The Balaban J connectivity index is 2.38. The fourth-order valence-corrected chi connectivity index (χ4v) is 1.97. The largest absolute Gasteiger partial charge is 0.390 e. The monoisotopic (exact) mass is 284 g/mol. The molecule has 0 aliphatic rings. The van der Waals surface area contributed by atoms with E-state index >= 15 is 0 Å². The van der Waals surface area contributed by atoms with Crippen molar-refractivity contribution in [3.63, 3.8) is 0 Å². The summed E-state index contributed by atoms with van der Waals surface area (Å²) in [5, 5.41) is 12.6. The summed E-state index contributed by atoms with van der Waals surface area (Å²) in [6, 6.07) is 3.71. The molecule has 0 spiro atoms. The summed E-state index contributed by atoms with van der Waals surface area (Å²) >= 11 is 5.57. The minimum Gasteiger partial charge on any atom is -0.390 e. The van der Waals surface area contributed by atoms with Crippen LogP contribution in [0.25, 0.3) is 11.0 Å². The van der Waals surface area contributed by atoms with Crippen molar-refractivity contribution in [3.05, 3.63) is 22.6 Å². The maximum Gasteiger partial charge on any atom is 0.323 e. The summed E-state index contributed by atoms with van der Waals surface area (Å²) in [6.07, 6.45) is -0.613. The van der Waals surface area contributed by atoms with Crippen LogP contribution >= 0.6 is 11.6 Å². The van der Waals surface area contributed by atoms with Crippen LogP contribution in [0, 0.1) is 0 Å². The zero-order valence-electron chi connectivity index (χ0n) is 10.8. The van der Waals surface area contributed by atoms with Gasteiger partial charge in [-0.05, 0) is 12.1 Å². The second kappa shape index (κ2) is 5.54. The second-order valence-corrected chi connectivity index (χ2v) is 4.89. The number of hydrogen-bond acceptors (Lipinski definition) is 4. The van der Waals surface area contributed by atoms with Crippen molar-refractivity contribution in [1.82, 2.24) is 9.97 Å². The molecule has 1 unspecified atom stereocenters. The molecule has 2 rings (SSSR count). The highest BCUT2D eigenvalue weighted by Crippen LogP contribution is 2.28. The van der Waals surface area contributed by atoms with Crippen molar-refractivity contribution in [2.75, 3.05) is 36.7 Å². The fourth-order valence-electron chi connectivity index (χ4n) is 1.86. The van der Waals surface area contributed by atoms with Gasteiger partial charge in [-0.15, -0.1) is 11.6 Å². The predicted octanol–water partition coefficient (Wildman–Crippen LogP) is 0.934. The lowest BCUT2D eigenvalue weighted by molar-refractivity contribution is 0.211. The average molecular weight is 285 g/mol. The third-order valence-electron chi connectivity index (χ3n) is 2.82. The van der Waals surface area contributed by atoms with Crippen LogP contribution in [-0.4, -0.2) is 47.7 Å². The molecular weight excluding hydrogens is 268 g/mol. The number of aliphatic hydroxyl groups is 1. The highest BCUT2D eigenvalue weighted by Gasteiger charge is 2.10. The van der Waals surface area contributed by atoms with Crippen LogP contribution in [0.3, 0.4) is 0 Å². The van der Waals surface area contributed by atoms with Gasteiger partial charge in [0.15, 0.2) is 0 Å². The normalized spacial score (nSPS) is 12.6. The fraction of sp³-hybridized carbons (Fsp3) is 0.417. The van der Waals surface area contributed by atoms with E-state index in [1.54, 1.807) is 0 Å². The molecule has 2 aromatic rings.